The molecule has 2 amide bonds. The van der Waals surface area contributed by atoms with E-state index in [0.717, 1.165) is 0 Å². The number of carbonyl (C=O) groups is 1. The lowest BCUT2D eigenvalue weighted by atomic mass is 11.2. The summed E-state index contributed by atoms with van der Waals surface area (Å²) in [6.07, 6.45) is 0. The number of primary amides is 1. The smallest absolute Gasteiger partial charge is 0.350 e. The van der Waals surface area contributed by atoms with Crippen molar-refractivity contribution < 1.29 is 23.8 Å². The van der Waals surface area contributed by atoms with E-state index in [9.17, 15) is 9.36 Å². The van der Waals surface area contributed by atoms with Gasteiger partial charge in [-0.15, -0.1) is 0 Å². The normalized spacial score (nSPS) is 8.91. The van der Waals surface area contributed by atoms with Crippen LogP contribution < -0.4 is 23.5 Å². The first-order valence-corrected chi connectivity index (χ1v) is 3.24. The van der Waals surface area contributed by atoms with Crippen LogP contribution in [0.25, 0.3) is 0 Å². The number of hydroxylamine groups is 1. The first-order valence-electron chi connectivity index (χ1n) is 1.71. The van der Waals surface area contributed by atoms with Crippen molar-refractivity contribution in [1.29, 1.82) is 0 Å². The average Bonchev–Trinajstić information content (AvgIpc) is 1.59. The molecule has 0 aromatic carbocycles. The molecule has 9 nitrogen and oxygen atoms in total. The summed E-state index contributed by atoms with van der Waals surface area (Å²) in [6.45, 7) is 0. The highest BCUT2D eigenvalue weighted by Gasteiger charge is 2.14. The maximum atomic E-state index is 9.74. The predicted molar refractivity (Wildman–Crippen MR) is 35.9 cm³/mol. The summed E-state index contributed by atoms with van der Waals surface area (Å²) in [6, 6.07) is -1.17. The van der Waals surface area contributed by atoms with Gasteiger partial charge in [-0.05, 0) is 0 Å². The first-order chi connectivity index (χ1) is 3.92. The van der Waals surface area contributed by atoms with E-state index in [1.54, 1.807) is 0 Å². The van der Waals surface area contributed by atoms with E-state index in [1.165, 1.54) is 5.48 Å². The highest BCUT2D eigenvalue weighted by molar-refractivity contribution is 7.46. The largest absolute Gasteiger partial charge is 0.491 e. The van der Waals surface area contributed by atoms with Crippen molar-refractivity contribution in [3.8, 4) is 0 Å². The van der Waals surface area contributed by atoms with Gasteiger partial charge < -0.3 is 27.8 Å². The van der Waals surface area contributed by atoms with E-state index < -0.39 is 13.9 Å². The molecule has 0 aromatic rings. The van der Waals surface area contributed by atoms with Crippen molar-refractivity contribution in [2.24, 2.45) is 5.73 Å². The molecule has 70 valence electrons. The second kappa shape index (κ2) is 6.04. The van der Waals surface area contributed by atoms with Crippen LogP contribution in [0.15, 0.2) is 0 Å². The zero-order chi connectivity index (χ0) is 7.49. The van der Waals surface area contributed by atoms with Crippen molar-refractivity contribution >= 4 is 13.9 Å². The molecule has 0 aliphatic heterocycles. The molecule has 0 aliphatic carbocycles. The highest BCUT2D eigenvalue weighted by atomic mass is 31.2. The van der Waals surface area contributed by atoms with Crippen molar-refractivity contribution in [2.45, 2.75) is 0 Å². The molecular formula is CH11N4O5P. The van der Waals surface area contributed by atoms with E-state index in [-0.39, 0.29) is 12.3 Å². The number of rotatable bonds is 2. The fourth-order valence-electron chi connectivity index (χ4n) is 0.104. The summed E-state index contributed by atoms with van der Waals surface area (Å²) < 4.78 is 13.2. The molecule has 0 radical (unpaired) electrons. The summed E-state index contributed by atoms with van der Waals surface area (Å²) in [5.74, 6) is 0. The van der Waals surface area contributed by atoms with Gasteiger partial charge in [0.25, 0.3) is 0 Å². The van der Waals surface area contributed by atoms with Gasteiger partial charge in [-0.2, -0.15) is 4.62 Å². The molecule has 0 rings (SSSR count). The maximum absolute atomic E-state index is 9.74. The minimum Gasteiger partial charge on any atom is -0.350 e. The highest BCUT2D eigenvalue weighted by Crippen LogP contribution is 2.33. The van der Waals surface area contributed by atoms with Crippen molar-refractivity contribution in [1.82, 2.24) is 17.8 Å². The van der Waals surface area contributed by atoms with Gasteiger partial charge in [-0.1, -0.05) is 0 Å². The second-order valence-electron chi connectivity index (χ2n) is 1.05. The van der Waals surface area contributed by atoms with Gasteiger partial charge >= 0.3 is 13.9 Å². The van der Waals surface area contributed by atoms with E-state index in [2.05, 4.69) is 10.4 Å². The van der Waals surface area contributed by atoms with Gasteiger partial charge in [0.05, 0.1) is 0 Å². The molecule has 0 fully saturated rings. The molecular weight excluding hydrogens is 179 g/mol. The third-order valence-electron chi connectivity index (χ3n) is 0.265. The molecule has 11 heavy (non-hydrogen) atoms. The Labute approximate surface area is 62.3 Å². The molecule has 0 heterocycles. The number of hydrogen-bond acceptors (Lipinski definition) is 5. The third kappa shape index (κ3) is 17.6. The predicted octanol–water partition coefficient (Wildman–Crippen LogP) is -0.997. The van der Waals surface area contributed by atoms with Crippen molar-refractivity contribution in [3.05, 3.63) is 0 Å². The van der Waals surface area contributed by atoms with Crippen LogP contribution in [0.5, 0.6) is 0 Å². The van der Waals surface area contributed by atoms with Crippen LogP contribution >= 0.6 is 7.82 Å². The fourth-order valence-corrected chi connectivity index (χ4v) is 0.313. The molecule has 0 bridgehead atoms. The summed E-state index contributed by atoms with van der Waals surface area (Å²) in [7, 11) is -4.63. The zero-order valence-electron chi connectivity index (χ0n) is 5.56. The van der Waals surface area contributed by atoms with Crippen LogP contribution in [0.1, 0.15) is 0 Å². The number of carbonyl (C=O) groups excluding carboxylic acids is 1. The van der Waals surface area contributed by atoms with Crippen molar-refractivity contribution in [3.63, 3.8) is 0 Å². The SMILES string of the molecule is N.N.NC(=O)NOP(=O)(O)O. The Morgan fingerprint density at radius 2 is 1.82 bits per heavy atom. The van der Waals surface area contributed by atoms with Gasteiger partial charge in [0.2, 0.25) is 0 Å². The Morgan fingerprint density at radius 3 is 1.91 bits per heavy atom. The number of urea groups is 1. The Kier molecular flexibility index (Phi) is 9.18. The maximum Gasteiger partial charge on any atom is 0.491 e. The lowest BCUT2D eigenvalue weighted by molar-refractivity contribution is 0.135. The number of nitrogens with one attached hydrogen (secondary N) is 1. The van der Waals surface area contributed by atoms with Crippen LogP contribution in [0.4, 0.5) is 4.79 Å². The topological polar surface area (TPSA) is 192 Å². The van der Waals surface area contributed by atoms with Crippen molar-refractivity contribution in [2.75, 3.05) is 0 Å². The van der Waals surface area contributed by atoms with Gasteiger partial charge in [-0.3, -0.25) is 0 Å². The summed E-state index contributed by atoms with van der Waals surface area (Å²) in [4.78, 5) is 25.5. The standard InChI is InChI=1S/CH5N2O5P.2H3N/c2-1(4)3-8-9(5,6)7;;/h(H3,2,3,4)(H2,5,6,7);2*1H3. The molecule has 11 N–H and O–H groups in total. The van der Waals surface area contributed by atoms with Gasteiger partial charge in [0.15, 0.2) is 0 Å². The molecule has 0 saturated carbocycles. The van der Waals surface area contributed by atoms with E-state index in [1.807, 2.05) is 0 Å². The molecule has 0 spiro atoms. The Bertz CT molecular complexity index is 153. The molecule has 0 aromatic heterocycles. The Hall–Kier alpha value is -0.700. The summed E-state index contributed by atoms with van der Waals surface area (Å²) >= 11 is 0. The van der Waals surface area contributed by atoms with E-state index in [4.69, 9.17) is 9.79 Å². The van der Waals surface area contributed by atoms with Crippen LogP contribution in [0, 0.1) is 0 Å². The molecule has 10 heteroatoms. The molecule has 0 atom stereocenters. The van der Waals surface area contributed by atoms with E-state index in [0.29, 0.717) is 0 Å². The zero-order valence-corrected chi connectivity index (χ0v) is 6.45. The third-order valence-corrected chi connectivity index (χ3v) is 0.594. The molecule has 0 unspecified atom stereocenters. The monoisotopic (exact) mass is 190 g/mol. The summed E-state index contributed by atoms with van der Waals surface area (Å²) in [5.41, 5.74) is 5.64. The van der Waals surface area contributed by atoms with Gasteiger partial charge in [0.1, 0.15) is 0 Å². The number of phosphoric acid groups is 1. The van der Waals surface area contributed by atoms with Gasteiger partial charge in [-0.25, -0.2) is 14.8 Å². The molecule has 0 aliphatic rings. The number of amides is 2. The van der Waals surface area contributed by atoms with Crippen LogP contribution in [-0.4, -0.2) is 15.8 Å². The lowest BCUT2D eigenvalue weighted by Crippen LogP contribution is -2.28. The second-order valence-corrected chi connectivity index (χ2v) is 2.21. The average molecular weight is 190 g/mol. The Balaban J connectivity index is -0.000000320. The van der Waals surface area contributed by atoms with Crippen LogP contribution in [-0.2, 0) is 9.19 Å². The quantitative estimate of drug-likeness (QED) is 0.237. The van der Waals surface area contributed by atoms with E-state index >= 15 is 0 Å². The lowest BCUT2D eigenvalue weighted by Gasteiger charge is -2.01. The van der Waals surface area contributed by atoms with Crippen LogP contribution in [0.3, 0.4) is 0 Å². The fraction of sp³-hybridized carbons (Fsp3) is 0. The van der Waals surface area contributed by atoms with Gasteiger partial charge in [0, 0.05) is 0 Å². The minimum absolute atomic E-state index is 0. The Morgan fingerprint density at radius 1 is 1.45 bits per heavy atom. The first kappa shape index (κ1) is 16.7. The minimum atomic E-state index is -4.63. The van der Waals surface area contributed by atoms with Crippen LogP contribution in [0.2, 0.25) is 0 Å². The molecule has 0 saturated heterocycles. The summed E-state index contributed by atoms with van der Waals surface area (Å²) in [5, 5.41) is 0. The number of nitrogens with two attached hydrogens (primary N) is 1. The number of hydrogen-bond donors (Lipinski definition) is 6.